The van der Waals surface area contributed by atoms with E-state index in [9.17, 15) is 13.6 Å². The van der Waals surface area contributed by atoms with Crippen molar-refractivity contribution in [3.8, 4) is 10.7 Å². The third-order valence-corrected chi connectivity index (χ3v) is 3.97. The minimum atomic E-state index is -0.998. The Labute approximate surface area is 139 Å². The molecule has 0 atom stereocenters. The number of nitrogens with one attached hydrogen (secondary N) is 1. The summed E-state index contributed by atoms with van der Waals surface area (Å²) in [5, 5.41) is 8.40. The summed E-state index contributed by atoms with van der Waals surface area (Å²) in [5.74, 6) is -2.09. The summed E-state index contributed by atoms with van der Waals surface area (Å²) < 4.78 is 36.9. The number of nitrogens with zero attached hydrogens (tertiary/aromatic N) is 2. The van der Waals surface area contributed by atoms with Crippen LogP contribution in [0.25, 0.3) is 10.7 Å². The maximum Gasteiger partial charge on any atom is 0.340 e. The van der Waals surface area contributed by atoms with E-state index in [0.29, 0.717) is 11.9 Å². The number of thiophene rings is 1. The molecule has 0 bridgehead atoms. The molecule has 0 saturated heterocycles. The number of halogens is 2. The molecule has 3 rings (SSSR count). The van der Waals surface area contributed by atoms with Gasteiger partial charge in [-0.05, 0) is 17.5 Å². The fourth-order valence-corrected chi connectivity index (χ4v) is 2.60. The van der Waals surface area contributed by atoms with Crippen molar-refractivity contribution in [1.29, 1.82) is 0 Å². The zero-order chi connectivity index (χ0) is 17.1. The first-order valence-electron chi connectivity index (χ1n) is 6.76. The number of benzene rings is 1. The molecule has 0 fully saturated rings. The van der Waals surface area contributed by atoms with Crippen molar-refractivity contribution in [2.75, 3.05) is 12.4 Å². The Morgan fingerprint density at radius 1 is 1.38 bits per heavy atom. The Balaban J connectivity index is 1.76. The normalized spacial score (nSPS) is 10.6. The predicted molar refractivity (Wildman–Crippen MR) is 82.6 cm³/mol. The highest BCUT2D eigenvalue weighted by molar-refractivity contribution is 7.13. The van der Waals surface area contributed by atoms with E-state index in [1.807, 2.05) is 17.5 Å². The maximum atomic E-state index is 13.8. The van der Waals surface area contributed by atoms with Crippen LogP contribution in [0.15, 0.2) is 34.2 Å². The van der Waals surface area contributed by atoms with Gasteiger partial charge in [-0.1, -0.05) is 11.2 Å². The van der Waals surface area contributed by atoms with E-state index in [4.69, 9.17) is 4.52 Å². The molecule has 0 amide bonds. The van der Waals surface area contributed by atoms with Gasteiger partial charge in [0.25, 0.3) is 0 Å². The van der Waals surface area contributed by atoms with E-state index in [-0.39, 0.29) is 23.7 Å². The van der Waals surface area contributed by atoms with Gasteiger partial charge in [-0.15, -0.1) is 11.3 Å². The van der Waals surface area contributed by atoms with Crippen LogP contribution in [0.1, 0.15) is 16.2 Å². The SMILES string of the molecule is COC(=O)c1cc(NCc2nc(-c3cccs3)no2)c(F)cc1F. The van der Waals surface area contributed by atoms with E-state index in [1.165, 1.54) is 11.3 Å². The smallest absolute Gasteiger partial charge is 0.340 e. The Kier molecular flexibility index (Phi) is 4.52. The van der Waals surface area contributed by atoms with Crippen LogP contribution in [-0.2, 0) is 11.3 Å². The number of ether oxygens (including phenoxy) is 1. The molecule has 0 aliphatic rings. The fourth-order valence-electron chi connectivity index (χ4n) is 1.95. The van der Waals surface area contributed by atoms with Gasteiger partial charge < -0.3 is 14.6 Å². The summed E-state index contributed by atoms with van der Waals surface area (Å²) in [4.78, 5) is 16.5. The second kappa shape index (κ2) is 6.75. The molecule has 0 spiro atoms. The molecule has 2 heterocycles. The molecule has 9 heteroatoms. The van der Waals surface area contributed by atoms with E-state index in [1.54, 1.807) is 0 Å². The summed E-state index contributed by atoms with van der Waals surface area (Å²) in [7, 11) is 1.11. The van der Waals surface area contributed by atoms with Gasteiger partial charge in [0.15, 0.2) is 0 Å². The summed E-state index contributed by atoms with van der Waals surface area (Å²) in [6.07, 6.45) is 0. The Morgan fingerprint density at radius 3 is 2.92 bits per heavy atom. The minimum Gasteiger partial charge on any atom is -0.465 e. The predicted octanol–water partition coefficient (Wildman–Crippen LogP) is 3.48. The van der Waals surface area contributed by atoms with Gasteiger partial charge in [0.1, 0.15) is 11.6 Å². The molecule has 6 nitrogen and oxygen atoms in total. The van der Waals surface area contributed by atoms with Crippen molar-refractivity contribution in [1.82, 2.24) is 10.1 Å². The number of hydrogen-bond acceptors (Lipinski definition) is 7. The van der Waals surface area contributed by atoms with Crippen molar-refractivity contribution < 1.29 is 22.8 Å². The van der Waals surface area contributed by atoms with Crippen LogP contribution in [0.3, 0.4) is 0 Å². The number of aromatic nitrogens is 2. The monoisotopic (exact) mass is 351 g/mol. The molecule has 0 saturated carbocycles. The largest absolute Gasteiger partial charge is 0.465 e. The highest BCUT2D eigenvalue weighted by Crippen LogP contribution is 2.23. The van der Waals surface area contributed by atoms with E-state index in [2.05, 4.69) is 20.2 Å². The molecule has 0 radical (unpaired) electrons. The van der Waals surface area contributed by atoms with Crippen molar-refractivity contribution >= 4 is 23.0 Å². The van der Waals surface area contributed by atoms with Crippen molar-refractivity contribution in [2.24, 2.45) is 0 Å². The van der Waals surface area contributed by atoms with Crippen LogP contribution in [0.5, 0.6) is 0 Å². The van der Waals surface area contributed by atoms with Gasteiger partial charge in [-0.3, -0.25) is 0 Å². The highest BCUT2D eigenvalue weighted by atomic mass is 32.1. The van der Waals surface area contributed by atoms with E-state index >= 15 is 0 Å². The summed E-state index contributed by atoms with van der Waals surface area (Å²) in [6.45, 7) is 0.0154. The number of esters is 1. The maximum absolute atomic E-state index is 13.8. The lowest BCUT2D eigenvalue weighted by molar-refractivity contribution is 0.0595. The van der Waals surface area contributed by atoms with Crippen LogP contribution < -0.4 is 5.32 Å². The molecule has 24 heavy (non-hydrogen) atoms. The quantitative estimate of drug-likeness (QED) is 0.709. The Morgan fingerprint density at radius 2 is 2.21 bits per heavy atom. The third kappa shape index (κ3) is 3.25. The zero-order valence-electron chi connectivity index (χ0n) is 12.4. The Bertz CT molecular complexity index is 865. The number of anilines is 1. The molecule has 0 unspecified atom stereocenters. The highest BCUT2D eigenvalue weighted by Gasteiger charge is 2.17. The molecule has 1 aromatic carbocycles. The molecular weight excluding hydrogens is 340 g/mol. The molecular formula is C15H11F2N3O3S. The van der Waals surface area contributed by atoms with Gasteiger partial charge in [-0.25, -0.2) is 13.6 Å². The second-order valence-corrected chi connectivity index (χ2v) is 5.59. The number of carbonyl (C=O) groups is 1. The molecule has 0 aliphatic carbocycles. The van der Waals surface area contributed by atoms with Crippen LogP contribution >= 0.6 is 11.3 Å². The molecule has 2 aromatic heterocycles. The molecule has 124 valence electrons. The number of hydrogen-bond donors (Lipinski definition) is 1. The second-order valence-electron chi connectivity index (χ2n) is 4.65. The lowest BCUT2D eigenvalue weighted by atomic mass is 10.1. The fraction of sp³-hybridized carbons (Fsp3) is 0.133. The first kappa shape index (κ1) is 16.1. The summed E-state index contributed by atoms with van der Waals surface area (Å²) in [5.41, 5.74) is -0.445. The van der Waals surface area contributed by atoms with Crippen molar-refractivity contribution in [2.45, 2.75) is 6.54 Å². The van der Waals surface area contributed by atoms with E-state index < -0.39 is 17.6 Å². The number of methoxy groups -OCH3 is 1. The zero-order valence-corrected chi connectivity index (χ0v) is 13.2. The van der Waals surface area contributed by atoms with Crippen LogP contribution in [0, 0.1) is 11.6 Å². The third-order valence-electron chi connectivity index (χ3n) is 3.10. The first-order valence-corrected chi connectivity index (χ1v) is 7.64. The number of carbonyl (C=O) groups excluding carboxylic acids is 1. The lowest BCUT2D eigenvalue weighted by Crippen LogP contribution is -2.08. The molecule has 3 aromatic rings. The summed E-state index contributed by atoms with van der Waals surface area (Å²) in [6, 6.07) is 5.35. The average Bonchev–Trinajstić information content (AvgIpc) is 3.24. The standard InChI is InChI=1S/C15H11F2N3O3S/c1-22-15(21)8-5-11(10(17)6-9(8)16)18-7-13-19-14(20-23-13)12-3-2-4-24-12/h2-6,18H,7H2,1H3. The Hall–Kier alpha value is -2.81. The van der Waals surface area contributed by atoms with Crippen molar-refractivity contribution in [3.63, 3.8) is 0 Å². The molecule has 0 aliphatic heterocycles. The van der Waals surface area contributed by atoms with Gasteiger partial charge in [-0.2, -0.15) is 4.98 Å². The molecule has 1 N–H and O–H groups in total. The van der Waals surface area contributed by atoms with Crippen molar-refractivity contribution in [3.05, 3.63) is 52.7 Å². The van der Waals surface area contributed by atoms with Gasteiger partial charge in [0.2, 0.25) is 11.7 Å². The van der Waals surface area contributed by atoms with Gasteiger partial charge in [0.05, 0.1) is 29.8 Å². The van der Waals surface area contributed by atoms with Crippen LogP contribution in [0.4, 0.5) is 14.5 Å². The van der Waals surface area contributed by atoms with Gasteiger partial charge >= 0.3 is 5.97 Å². The average molecular weight is 351 g/mol. The first-order chi connectivity index (χ1) is 11.6. The number of rotatable bonds is 5. The van der Waals surface area contributed by atoms with Crippen LogP contribution in [-0.4, -0.2) is 23.2 Å². The minimum absolute atomic E-state index is 0.0154. The lowest BCUT2D eigenvalue weighted by Gasteiger charge is -2.08. The topological polar surface area (TPSA) is 77.2 Å². The van der Waals surface area contributed by atoms with E-state index in [0.717, 1.165) is 18.1 Å². The summed E-state index contributed by atoms with van der Waals surface area (Å²) >= 11 is 1.46. The van der Waals surface area contributed by atoms with Gasteiger partial charge in [0, 0.05) is 6.07 Å². The van der Waals surface area contributed by atoms with Crippen LogP contribution in [0.2, 0.25) is 0 Å².